The van der Waals surface area contributed by atoms with E-state index in [4.69, 9.17) is 4.74 Å². The maximum absolute atomic E-state index is 12.7. The van der Waals surface area contributed by atoms with Gasteiger partial charge in [0.15, 0.2) is 6.73 Å². The van der Waals surface area contributed by atoms with Crippen molar-refractivity contribution in [2.75, 3.05) is 11.6 Å². The summed E-state index contributed by atoms with van der Waals surface area (Å²) in [4.78, 5) is 5.78. The fourth-order valence-corrected chi connectivity index (χ4v) is 5.32. The molecular weight excluding hydrogens is 448 g/mol. The van der Waals surface area contributed by atoms with E-state index in [1.807, 2.05) is 36.4 Å². The molecule has 2 heterocycles. The predicted octanol–water partition coefficient (Wildman–Crippen LogP) is 3.42. The van der Waals surface area contributed by atoms with E-state index in [1.165, 1.54) is 12.1 Å². The molecule has 0 saturated carbocycles. The van der Waals surface area contributed by atoms with Crippen LogP contribution in [0.4, 0.5) is 5.69 Å². The van der Waals surface area contributed by atoms with Gasteiger partial charge < -0.3 is 14.8 Å². The summed E-state index contributed by atoms with van der Waals surface area (Å²) in [5, 5.41) is 9.31. The van der Waals surface area contributed by atoms with Crippen LogP contribution in [0.15, 0.2) is 94.5 Å². The fourth-order valence-electron chi connectivity index (χ4n) is 3.68. The van der Waals surface area contributed by atoms with Crippen molar-refractivity contribution in [3.8, 4) is 5.75 Å². The quantitative estimate of drug-likeness (QED) is 0.453. The second-order valence-electron chi connectivity index (χ2n) is 7.08. The summed E-state index contributed by atoms with van der Waals surface area (Å²) < 4.78 is 35.7. The van der Waals surface area contributed by atoms with Gasteiger partial charge >= 0.3 is 0 Å². The van der Waals surface area contributed by atoms with Gasteiger partial charge in [0.25, 0.3) is 10.0 Å². The van der Waals surface area contributed by atoms with E-state index in [1.54, 1.807) is 6.07 Å². The van der Waals surface area contributed by atoms with E-state index in [9.17, 15) is 13.6 Å². The molecule has 0 amide bonds. The van der Waals surface area contributed by atoms with E-state index in [2.05, 4.69) is 38.5 Å². The first kappa shape index (κ1) is 20.3. The third-order valence-corrected chi connectivity index (χ3v) is 7.10. The van der Waals surface area contributed by atoms with Gasteiger partial charge in [0.05, 0.1) is 16.6 Å². The number of fused-ring (bicyclic) bond motifs is 1. The molecule has 4 aromatic rings. The fraction of sp³-hybridized carbons (Fsp3) is 0.0909. The molecule has 0 radical (unpaired) electrons. The van der Waals surface area contributed by atoms with Crippen molar-refractivity contribution in [2.24, 2.45) is 4.40 Å². The van der Waals surface area contributed by atoms with Gasteiger partial charge in [0, 0.05) is 17.6 Å². The molecule has 162 valence electrons. The van der Waals surface area contributed by atoms with Gasteiger partial charge in [-0.1, -0.05) is 60.7 Å². The monoisotopic (exact) mass is 466 g/mol. The zero-order chi connectivity index (χ0) is 22.1. The average molecular weight is 467 g/mol. The third-order valence-electron chi connectivity index (χ3n) is 5.08. The highest BCUT2D eigenvalue weighted by atomic mass is 32.2. The first-order valence-corrected chi connectivity index (χ1v) is 11.9. The summed E-state index contributed by atoms with van der Waals surface area (Å²) >= 11 is 0.710. The Morgan fingerprint density at radius 3 is 2.25 bits per heavy atom. The van der Waals surface area contributed by atoms with Crippen LogP contribution >= 0.6 is 11.5 Å². The molecule has 1 N–H and O–H groups in total. The summed E-state index contributed by atoms with van der Waals surface area (Å²) in [6.45, 7) is 0.279. The van der Waals surface area contributed by atoms with Crippen LogP contribution in [0, 0.1) is 0 Å². The molecule has 0 fully saturated rings. The minimum atomic E-state index is -4.01. The van der Waals surface area contributed by atoms with E-state index >= 15 is 0 Å². The van der Waals surface area contributed by atoms with Crippen LogP contribution in [0.1, 0.15) is 17.2 Å². The Morgan fingerprint density at radius 2 is 1.66 bits per heavy atom. The van der Waals surface area contributed by atoms with Crippen molar-refractivity contribution in [3.05, 3.63) is 101 Å². The number of aromatic nitrogens is 2. The molecule has 0 bridgehead atoms. The topological polar surface area (TPSA) is 97.0 Å². The molecule has 0 saturated heterocycles. The van der Waals surface area contributed by atoms with Crippen LogP contribution < -0.4 is 14.4 Å². The van der Waals surface area contributed by atoms with Gasteiger partial charge in [-0.2, -0.15) is 8.42 Å². The maximum atomic E-state index is 12.7. The lowest BCUT2D eigenvalue weighted by molar-refractivity contribution is 0.216. The van der Waals surface area contributed by atoms with Crippen LogP contribution in [0.25, 0.3) is 0 Å². The smallest absolute Gasteiger partial charge is 0.285 e. The lowest BCUT2D eigenvalue weighted by atomic mass is 9.97. The van der Waals surface area contributed by atoms with Crippen molar-refractivity contribution >= 4 is 27.2 Å². The standard InChI is InChI=1S/C22H18N4O4S2/c27-26-14-23-22(31-26)24-32(28,29)18-11-12-19-20(13-18)30-15-25(19)21(16-7-3-1-4-8-16)17-9-5-2-6-10-17/h1-14,21,27H,15H2. The highest BCUT2D eigenvalue weighted by Crippen LogP contribution is 2.42. The summed E-state index contributed by atoms with van der Waals surface area (Å²) in [7, 11) is -4.01. The van der Waals surface area contributed by atoms with Gasteiger partial charge in [0.2, 0.25) is 4.80 Å². The Balaban J connectivity index is 1.54. The molecule has 0 aliphatic carbocycles. The van der Waals surface area contributed by atoms with Crippen molar-refractivity contribution < 1.29 is 18.4 Å². The molecular formula is C22H18N4O4S2. The lowest BCUT2D eigenvalue weighted by Gasteiger charge is -2.29. The Morgan fingerprint density at radius 1 is 1.00 bits per heavy atom. The van der Waals surface area contributed by atoms with Gasteiger partial charge in [-0.05, 0) is 23.3 Å². The number of ether oxygens (including phenoxy) is 1. The van der Waals surface area contributed by atoms with Crippen LogP contribution in [0.3, 0.4) is 0 Å². The number of nitrogens with zero attached hydrogens (tertiary/aromatic N) is 4. The highest BCUT2D eigenvalue weighted by molar-refractivity contribution is 7.90. The molecule has 1 aliphatic heterocycles. The predicted molar refractivity (Wildman–Crippen MR) is 119 cm³/mol. The van der Waals surface area contributed by atoms with Crippen LogP contribution in [0.5, 0.6) is 5.75 Å². The van der Waals surface area contributed by atoms with Crippen LogP contribution in [0.2, 0.25) is 0 Å². The minimum Gasteiger partial charge on any atom is -0.471 e. The molecule has 0 spiro atoms. The number of sulfonamides is 1. The van der Waals surface area contributed by atoms with E-state index in [-0.39, 0.29) is 22.5 Å². The number of hydrogen-bond acceptors (Lipinski definition) is 7. The largest absolute Gasteiger partial charge is 0.471 e. The number of anilines is 1. The molecule has 1 aromatic heterocycles. The van der Waals surface area contributed by atoms with Crippen molar-refractivity contribution in [3.63, 3.8) is 0 Å². The zero-order valence-corrected chi connectivity index (χ0v) is 18.3. The van der Waals surface area contributed by atoms with Crippen LogP contribution in [-0.2, 0) is 10.0 Å². The molecule has 8 nitrogen and oxygen atoms in total. The number of benzene rings is 3. The van der Waals surface area contributed by atoms with E-state index < -0.39 is 10.0 Å². The molecule has 1 aliphatic rings. The molecule has 5 rings (SSSR count). The summed E-state index contributed by atoms with van der Waals surface area (Å²) in [6.07, 6.45) is 1.08. The maximum Gasteiger partial charge on any atom is 0.285 e. The first-order valence-electron chi connectivity index (χ1n) is 9.70. The Hall–Kier alpha value is -3.63. The van der Waals surface area contributed by atoms with Crippen molar-refractivity contribution in [1.82, 2.24) is 9.10 Å². The summed E-state index contributed by atoms with van der Waals surface area (Å²) in [5.74, 6) is 0.467. The Labute approximate surface area is 188 Å². The van der Waals surface area contributed by atoms with Crippen molar-refractivity contribution in [1.29, 1.82) is 0 Å². The molecule has 32 heavy (non-hydrogen) atoms. The highest BCUT2D eigenvalue weighted by Gasteiger charge is 2.31. The average Bonchev–Trinajstić information content (AvgIpc) is 3.41. The Kier molecular flexibility index (Phi) is 5.16. The van der Waals surface area contributed by atoms with Gasteiger partial charge in [-0.3, -0.25) is 0 Å². The second kappa shape index (κ2) is 8.13. The third kappa shape index (κ3) is 3.85. The summed E-state index contributed by atoms with van der Waals surface area (Å²) in [6, 6.07) is 24.8. The molecule has 10 heteroatoms. The minimum absolute atomic E-state index is 0.00578. The van der Waals surface area contributed by atoms with E-state index in [0.717, 1.165) is 23.1 Å². The molecule has 0 unspecified atom stereocenters. The SMILES string of the molecule is O=S(=O)(N=c1ncn(O)s1)c1ccc2c(c1)OCN2C(c1ccccc1)c1ccccc1. The first-order chi connectivity index (χ1) is 15.5. The number of hydrogen-bond donors (Lipinski definition) is 1. The van der Waals surface area contributed by atoms with Crippen molar-refractivity contribution in [2.45, 2.75) is 10.9 Å². The molecule has 0 atom stereocenters. The Bertz CT molecular complexity index is 1380. The van der Waals surface area contributed by atoms with E-state index in [0.29, 0.717) is 21.4 Å². The molecule has 3 aromatic carbocycles. The lowest BCUT2D eigenvalue weighted by Crippen LogP contribution is -2.28. The van der Waals surface area contributed by atoms with Crippen LogP contribution in [-0.4, -0.2) is 29.5 Å². The van der Waals surface area contributed by atoms with Gasteiger partial charge in [0.1, 0.15) is 12.1 Å². The number of rotatable bonds is 5. The van der Waals surface area contributed by atoms with Gasteiger partial charge in [-0.15, -0.1) is 8.52 Å². The zero-order valence-electron chi connectivity index (χ0n) is 16.6. The normalized spacial score (nSPS) is 13.9. The summed E-state index contributed by atoms with van der Waals surface area (Å²) in [5.41, 5.74) is 3.00. The van der Waals surface area contributed by atoms with Gasteiger partial charge in [-0.25, -0.2) is 4.98 Å². The second-order valence-corrected chi connectivity index (χ2v) is 9.61.